The van der Waals surface area contributed by atoms with Gasteiger partial charge in [0.15, 0.2) is 0 Å². The zero-order valence-corrected chi connectivity index (χ0v) is 22.5. The quantitative estimate of drug-likeness (QED) is 0.417. The minimum absolute atomic E-state index is 0.118. The Morgan fingerprint density at radius 2 is 1.92 bits per heavy atom. The first-order valence-electron chi connectivity index (χ1n) is 12.1. The molecule has 2 unspecified atom stereocenters. The van der Waals surface area contributed by atoms with Crippen molar-refractivity contribution in [2.75, 3.05) is 26.2 Å². The summed E-state index contributed by atoms with van der Waals surface area (Å²) in [6.07, 6.45) is 2.19. The molecule has 0 aliphatic carbocycles. The van der Waals surface area contributed by atoms with Gasteiger partial charge < -0.3 is 9.64 Å². The molecule has 0 bridgehead atoms. The van der Waals surface area contributed by atoms with Gasteiger partial charge in [0.1, 0.15) is 0 Å². The Hall–Kier alpha value is -2.23. The number of sulfonamides is 1. The normalized spacial score (nSPS) is 20.0. The first-order chi connectivity index (χ1) is 17.3. The smallest absolute Gasteiger partial charge is 0.243 e. The van der Waals surface area contributed by atoms with Gasteiger partial charge in [-0.2, -0.15) is 4.31 Å². The summed E-state index contributed by atoms with van der Waals surface area (Å²) in [5.41, 5.74) is 3.29. The van der Waals surface area contributed by atoms with E-state index >= 15 is 0 Å². The molecule has 190 valence electrons. The zero-order valence-electron chi connectivity index (χ0n) is 20.1. The SMILES string of the molecule is Cc1ccccc1C1c2ccsc2CCN1C(=O)CN(CC1CCCO1)S(=O)(=O)c1ccc(Cl)cc1. The number of benzene rings is 2. The molecule has 5 rings (SSSR count). The molecule has 0 N–H and O–H groups in total. The third-order valence-electron chi connectivity index (χ3n) is 6.96. The van der Waals surface area contributed by atoms with Gasteiger partial charge in [0.25, 0.3) is 0 Å². The standard InChI is InChI=1S/C27H29ClN2O4S2/c1-19-5-2-3-7-23(19)27-24-13-16-35-25(24)12-14-30(27)26(31)18-29(17-21-6-4-15-34-21)36(32,33)22-10-8-20(28)9-11-22/h2-3,5,7-11,13,16,21,27H,4,6,12,14-15,17-18H2,1H3. The molecule has 1 aromatic heterocycles. The van der Waals surface area contributed by atoms with Crippen molar-refractivity contribution in [2.45, 2.75) is 43.2 Å². The second kappa shape index (κ2) is 10.6. The van der Waals surface area contributed by atoms with E-state index < -0.39 is 10.0 Å². The maximum atomic E-state index is 13.9. The Morgan fingerprint density at radius 3 is 2.64 bits per heavy atom. The zero-order chi connectivity index (χ0) is 25.3. The molecule has 1 fully saturated rings. The molecule has 3 heterocycles. The minimum atomic E-state index is -3.93. The molecule has 2 aliphatic rings. The van der Waals surface area contributed by atoms with Crippen molar-refractivity contribution in [2.24, 2.45) is 0 Å². The second-order valence-electron chi connectivity index (χ2n) is 9.28. The number of ether oxygens (including phenoxy) is 1. The summed E-state index contributed by atoms with van der Waals surface area (Å²) < 4.78 is 34.4. The number of hydrogen-bond donors (Lipinski definition) is 0. The molecule has 2 aromatic carbocycles. The van der Waals surface area contributed by atoms with Crippen molar-refractivity contribution in [3.05, 3.63) is 86.6 Å². The summed E-state index contributed by atoms with van der Waals surface area (Å²) in [6.45, 7) is 3.10. The summed E-state index contributed by atoms with van der Waals surface area (Å²) in [6, 6.07) is 16.0. The first kappa shape index (κ1) is 25.4. The topological polar surface area (TPSA) is 66.9 Å². The largest absolute Gasteiger partial charge is 0.377 e. The highest BCUT2D eigenvalue weighted by Crippen LogP contribution is 2.39. The number of halogens is 1. The fraction of sp³-hybridized carbons (Fsp3) is 0.370. The number of fused-ring (bicyclic) bond motifs is 1. The molecular formula is C27H29ClN2O4S2. The average Bonchev–Trinajstić information content (AvgIpc) is 3.56. The maximum Gasteiger partial charge on any atom is 0.243 e. The lowest BCUT2D eigenvalue weighted by Crippen LogP contribution is -2.48. The van der Waals surface area contributed by atoms with Crippen LogP contribution in [0.1, 0.15) is 40.5 Å². The van der Waals surface area contributed by atoms with Crippen LogP contribution in [-0.2, 0) is 26.0 Å². The summed E-state index contributed by atoms with van der Waals surface area (Å²) in [7, 11) is -3.93. The van der Waals surface area contributed by atoms with Gasteiger partial charge in [0, 0.05) is 29.6 Å². The third-order valence-corrected chi connectivity index (χ3v) is 10.0. The first-order valence-corrected chi connectivity index (χ1v) is 14.8. The molecule has 2 aliphatic heterocycles. The van der Waals surface area contributed by atoms with E-state index in [0.717, 1.165) is 36.0 Å². The number of nitrogens with zero attached hydrogens (tertiary/aromatic N) is 2. The lowest BCUT2D eigenvalue weighted by Gasteiger charge is -2.38. The van der Waals surface area contributed by atoms with Gasteiger partial charge in [-0.15, -0.1) is 11.3 Å². The molecule has 3 aromatic rings. The Labute approximate surface area is 221 Å². The Morgan fingerprint density at radius 1 is 1.14 bits per heavy atom. The van der Waals surface area contributed by atoms with E-state index in [0.29, 0.717) is 18.2 Å². The Bertz CT molecular complexity index is 1330. The van der Waals surface area contributed by atoms with E-state index in [4.69, 9.17) is 16.3 Å². The van der Waals surface area contributed by atoms with Gasteiger partial charge in [0.2, 0.25) is 15.9 Å². The van der Waals surface area contributed by atoms with Gasteiger partial charge in [-0.3, -0.25) is 4.79 Å². The van der Waals surface area contributed by atoms with Crippen LogP contribution in [0.4, 0.5) is 0 Å². The van der Waals surface area contributed by atoms with Gasteiger partial charge in [-0.1, -0.05) is 35.9 Å². The van der Waals surface area contributed by atoms with Gasteiger partial charge >= 0.3 is 0 Å². The Kier molecular flexibility index (Phi) is 7.51. The van der Waals surface area contributed by atoms with Crippen LogP contribution in [-0.4, -0.2) is 55.9 Å². The van der Waals surface area contributed by atoms with Gasteiger partial charge in [-0.05, 0) is 78.6 Å². The van der Waals surface area contributed by atoms with Crippen LogP contribution in [0.2, 0.25) is 5.02 Å². The molecule has 2 atom stereocenters. The molecule has 9 heteroatoms. The van der Waals surface area contributed by atoms with Crippen molar-refractivity contribution >= 4 is 38.9 Å². The Balaban J connectivity index is 1.47. The number of hydrogen-bond acceptors (Lipinski definition) is 5. The summed E-state index contributed by atoms with van der Waals surface area (Å²) >= 11 is 7.70. The van der Waals surface area contributed by atoms with Gasteiger partial charge in [0.05, 0.1) is 23.6 Å². The number of amides is 1. The lowest BCUT2D eigenvalue weighted by molar-refractivity contribution is -0.133. The van der Waals surface area contributed by atoms with Gasteiger partial charge in [-0.25, -0.2) is 8.42 Å². The molecular weight excluding hydrogens is 516 g/mol. The van der Waals surface area contributed by atoms with Crippen LogP contribution >= 0.6 is 22.9 Å². The molecule has 1 amide bonds. The monoisotopic (exact) mass is 544 g/mol. The van der Waals surface area contributed by atoms with E-state index in [-0.39, 0.29) is 36.0 Å². The molecule has 0 saturated carbocycles. The van der Waals surface area contributed by atoms with Crippen LogP contribution in [0, 0.1) is 6.92 Å². The minimum Gasteiger partial charge on any atom is -0.377 e. The molecule has 0 spiro atoms. The van der Waals surface area contributed by atoms with Crippen molar-refractivity contribution in [1.29, 1.82) is 0 Å². The average molecular weight is 545 g/mol. The van der Waals surface area contributed by atoms with E-state index in [1.165, 1.54) is 21.3 Å². The van der Waals surface area contributed by atoms with Crippen molar-refractivity contribution in [3.8, 4) is 0 Å². The van der Waals surface area contributed by atoms with Crippen LogP contribution in [0.25, 0.3) is 0 Å². The van der Waals surface area contributed by atoms with E-state index in [1.807, 2.05) is 30.0 Å². The summed E-state index contributed by atoms with van der Waals surface area (Å²) in [4.78, 5) is 17.1. The van der Waals surface area contributed by atoms with Crippen LogP contribution < -0.4 is 0 Å². The maximum absolute atomic E-state index is 13.9. The predicted molar refractivity (Wildman–Crippen MR) is 142 cm³/mol. The summed E-state index contributed by atoms with van der Waals surface area (Å²) in [5.74, 6) is -0.212. The van der Waals surface area contributed by atoms with E-state index in [2.05, 4.69) is 17.5 Å². The van der Waals surface area contributed by atoms with Crippen LogP contribution in [0.5, 0.6) is 0 Å². The van der Waals surface area contributed by atoms with Crippen LogP contribution in [0.3, 0.4) is 0 Å². The third kappa shape index (κ3) is 5.10. The van der Waals surface area contributed by atoms with Crippen molar-refractivity contribution < 1.29 is 17.9 Å². The number of carbonyl (C=O) groups excluding carboxylic acids is 1. The lowest BCUT2D eigenvalue weighted by atomic mass is 9.90. The van der Waals surface area contributed by atoms with Crippen LogP contribution in [0.15, 0.2) is 64.9 Å². The molecule has 0 radical (unpaired) electrons. The van der Waals surface area contributed by atoms with E-state index in [1.54, 1.807) is 23.5 Å². The highest BCUT2D eigenvalue weighted by Gasteiger charge is 2.37. The number of thiophene rings is 1. The molecule has 6 nitrogen and oxygen atoms in total. The highest BCUT2D eigenvalue weighted by atomic mass is 35.5. The molecule has 1 saturated heterocycles. The fourth-order valence-electron chi connectivity index (χ4n) is 5.07. The van der Waals surface area contributed by atoms with Crippen molar-refractivity contribution in [1.82, 2.24) is 9.21 Å². The molecule has 36 heavy (non-hydrogen) atoms. The number of carbonyl (C=O) groups is 1. The fourth-order valence-corrected chi connectivity index (χ4v) is 7.53. The second-order valence-corrected chi connectivity index (χ2v) is 12.7. The van der Waals surface area contributed by atoms with E-state index in [9.17, 15) is 13.2 Å². The number of rotatable bonds is 7. The van der Waals surface area contributed by atoms with Crippen molar-refractivity contribution in [3.63, 3.8) is 0 Å². The predicted octanol–water partition coefficient (Wildman–Crippen LogP) is 5.05. The highest BCUT2D eigenvalue weighted by molar-refractivity contribution is 7.89. The summed E-state index contributed by atoms with van der Waals surface area (Å²) in [5, 5.41) is 2.52. The number of aryl methyl sites for hydroxylation is 1.